The summed E-state index contributed by atoms with van der Waals surface area (Å²) in [5.41, 5.74) is 2.11. The Morgan fingerprint density at radius 2 is 1.88 bits per heavy atom. The number of halogens is 2. The Labute approximate surface area is 160 Å². The van der Waals surface area contributed by atoms with Crippen molar-refractivity contribution in [1.29, 1.82) is 0 Å². The van der Waals surface area contributed by atoms with Crippen LogP contribution in [0.1, 0.15) is 17.3 Å². The molecule has 1 aromatic heterocycles. The molecule has 0 spiro atoms. The maximum absolute atomic E-state index is 12.4. The quantitative estimate of drug-likeness (QED) is 0.585. The minimum absolute atomic E-state index is 0.256. The van der Waals surface area contributed by atoms with Gasteiger partial charge in [-0.05, 0) is 43.3 Å². The van der Waals surface area contributed by atoms with E-state index in [1.807, 2.05) is 0 Å². The molecule has 0 aliphatic carbocycles. The van der Waals surface area contributed by atoms with Gasteiger partial charge in [-0.25, -0.2) is 4.79 Å². The number of anilines is 2. The van der Waals surface area contributed by atoms with Crippen molar-refractivity contribution in [1.82, 2.24) is 4.98 Å². The number of aromatic nitrogens is 1. The third-order valence-corrected chi connectivity index (χ3v) is 4.22. The van der Waals surface area contributed by atoms with Crippen molar-refractivity contribution in [3.05, 3.63) is 58.2 Å². The molecule has 0 amide bonds. The van der Waals surface area contributed by atoms with Crippen LogP contribution in [0.4, 0.5) is 11.4 Å². The molecule has 3 aromatic rings. The average Bonchev–Trinajstić information content (AvgIpc) is 2.62. The second kappa shape index (κ2) is 7.81. The smallest absolute Gasteiger partial charge is 0.341 e. The number of carbonyl (C=O) groups excluding carboxylic acids is 1. The topological polar surface area (TPSA) is 60.5 Å². The normalized spacial score (nSPS) is 10.6. The predicted octanol–water partition coefficient (Wildman–Crippen LogP) is 5.47. The zero-order valence-electron chi connectivity index (χ0n) is 14.2. The molecule has 0 aliphatic rings. The monoisotopic (exact) mass is 390 g/mol. The maximum atomic E-state index is 12.4. The van der Waals surface area contributed by atoms with Crippen molar-refractivity contribution < 1.29 is 14.3 Å². The van der Waals surface area contributed by atoms with Crippen molar-refractivity contribution in [2.75, 3.05) is 19.0 Å². The fourth-order valence-corrected chi connectivity index (χ4v) is 2.92. The van der Waals surface area contributed by atoms with Crippen LogP contribution in [0.3, 0.4) is 0 Å². The fraction of sp³-hybridized carbons (Fsp3) is 0.158. The minimum Gasteiger partial charge on any atom is -0.495 e. The number of benzene rings is 2. The lowest BCUT2D eigenvalue weighted by molar-refractivity contribution is 0.0527. The molecule has 0 fully saturated rings. The van der Waals surface area contributed by atoms with E-state index in [4.69, 9.17) is 32.7 Å². The van der Waals surface area contributed by atoms with Gasteiger partial charge in [-0.15, -0.1) is 0 Å². The highest BCUT2D eigenvalue weighted by Crippen LogP contribution is 2.36. The number of nitrogens with one attached hydrogen (secondary N) is 1. The predicted molar refractivity (Wildman–Crippen MR) is 104 cm³/mol. The summed E-state index contributed by atoms with van der Waals surface area (Å²) in [6.07, 6.45) is 1.48. The Morgan fingerprint density at radius 1 is 1.15 bits per heavy atom. The third-order valence-electron chi connectivity index (χ3n) is 3.75. The van der Waals surface area contributed by atoms with E-state index in [2.05, 4.69) is 10.3 Å². The molecule has 0 atom stereocenters. The van der Waals surface area contributed by atoms with Crippen molar-refractivity contribution >= 4 is 51.4 Å². The molecule has 0 unspecified atom stereocenters. The lowest BCUT2D eigenvalue weighted by Crippen LogP contribution is -2.09. The SMILES string of the molecule is CCOC(=O)c1cnc2ccc(Cl)cc2c1Nc1cc(Cl)ccc1OC. The second-order valence-corrected chi connectivity index (χ2v) is 6.27. The first kappa shape index (κ1) is 18.3. The van der Waals surface area contributed by atoms with Gasteiger partial charge in [0.05, 0.1) is 30.6 Å². The van der Waals surface area contributed by atoms with E-state index < -0.39 is 5.97 Å². The number of esters is 1. The van der Waals surface area contributed by atoms with E-state index in [0.717, 1.165) is 0 Å². The summed E-state index contributed by atoms with van der Waals surface area (Å²) in [6.45, 7) is 2.00. The van der Waals surface area contributed by atoms with Crippen molar-refractivity contribution in [3.63, 3.8) is 0 Å². The van der Waals surface area contributed by atoms with Crippen LogP contribution in [0, 0.1) is 0 Å². The van der Waals surface area contributed by atoms with Gasteiger partial charge < -0.3 is 14.8 Å². The molecule has 3 rings (SSSR count). The van der Waals surface area contributed by atoms with Crippen LogP contribution in [0.5, 0.6) is 5.75 Å². The molecular formula is C19H16Cl2N2O3. The van der Waals surface area contributed by atoms with Crippen LogP contribution in [0.2, 0.25) is 10.0 Å². The van der Waals surface area contributed by atoms with Crippen LogP contribution >= 0.6 is 23.2 Å². The Hall–Kier alpha value is -2.50. The molecule has 1 heterocycles. The van der Waals surface area contributed by atoms with Crippen LogP contribution < -0.4 is 10.1 Å². The van der Waals surface area contributed by atoms with Crippen LogP contribution in [0.25, 0.3) is 10.9 Å². The Kier molecular flexibility index (Phi) is 5.49. The molecule has 1 N–H and O–H groups in total. The van der Waals surface area contributed by atoms with Gasteiger partial charge >= 0.3 is 5.97 Å². The molecule has 7 heteroatoms. The standard InChI is InChI=1S/C19H16Cl2N2O3/c1-3-26-19(24)14-10-22-15-6-4-11(20)8-13(15)18(14)23-16-9-12(21)5-7-17(16)25-2/h4-10H,3H2,1-2H3,(H,22,23). The molecule has 0 bridgehead atoms. The molecule has 2 aromatic carbocycles. The summed E-state index contributed by atoms with van der Waals surface area (Å²) in [6, 6.07) is 10.4. The van der Waals surface area contributed by atoms with Gasteiger partial charge in [0.2, 0.25) is 0 Å². The van der Waals surface area contributed by atoms with E-state index in [1.54, 1.807) is 50.4 Å². The molecule has 134 valence electrons. The number of nitrogens with zero attached hydrogens (tertiary/aromatic N) is 1. The summed E-state index contributed by atoms with van der Waals surface area (Å²) in [7, 11) is 1.56. The minimum atomic E-state index is -0.481. The summed E-state index contributed by atoms with van der Waals surface area (Å²) >= 11 is 12.3. The number of methoxy groups -OCH3 is 1. The van der Waals surface area contributed by atoms with Gasteiger partial charge in [0.25, 0.3) is 0 Å². The molecule has 0 saturated heterocycles. The number of pyridine rings is 1. The summed E-state index contributed by atoms with van der Waals surface area (Å²) < 4.78 is 10.5. The fourth-order valence-electron chi connectivity index (χ4n) is 2.58. The molecule has 0 aliphatic heterocycles. The number of ether oxygens (including phenoxy) is 2. The van der Waals surface area contributed by atoms with Crippen LogP contribution in [-0.2, 0) is 4.74 Å². The molecule has 26 heavy (non-hydrogen) atoms. The Morgan fingerprint density at radius 3 is 2.62 bits per heavy atom. The van der Waals surface area contributed by atoms with E-state index in [1.165, 1.54) is 6.20 Å². The molecule has 5 nitrogen and oxygen atoms in total. The molecular weight excluding hydrogens is 375 g/mol. The highest BCUT2D eigenvalue weighted by molar-refractivity contribution is 6.31. The number of carbonyl (C=O) groups is 1. The van der Waals surface area contributed by atoms with Crippen molar-refractivity contribution in [2.24, 2.45) is 0 Å². The lowest BCUT2D eigenvalue weighted by Gasteiger charge is -2.16. The van der Waals surface area contributed by atoms with Gasteiger partial charge in [-0.1, -0.05) is 23.2 Å². The van der Waals surface area contributed by atoms with Gasteiger partial charge in [-0.3, -0.25) is 4.98 Å². The highest BCUT2D eigenvalue weighted by Gasteiger charge is 2.18. The number of hydrogen-bond acceptors (Lipinski definition) is 5. The second-order valence-electron chi connectivity index (χ2n) is 5.40. The van der Waals surface area contributed by atoms with Gasteiger partial charge in [0.1, 0.15) is 11.3 Å². The van der Waals surface area contributed by atoms with Crippen molar-refractivity contribution in [2.45, 2.75) is 6.92 Å². The van der Waals surface area contributed by atoms with Gasteiger partial charge in [0, 0.05) is 21.6 Å². The average molecular weight is 391 g/mol. The zero-order valence-corrected chi connectivity index (χ0v) is 15.7. The Bertz CT molecular complexity index is 976. The highest BCUT2D eigenvalue weighted by atomic mass is 35.5. The Balaban J connectivity index is 2.21. The largest absolute Gasteiger partial charge is 0.495 e. The maximum Gasteiger partial charge on any atom is 0.341 e. The first-order valence-corrected chi connectivity index (χ1v) is 8.65. The molecule has 0 saturated carbocycles. The van der Waals surface area contributed by atoms with E-state index in [-0.39, 0.29) is 6.61 Å². The summed E-state index contributed by atoms with van der Waals surface area (Å²) in [5, 5.41) is 4.98. The lowest BCUT2D eigenvalue weighted by atomic mass is 10.1. The van der Waals surface area contributed by atoms with E-state index in [9.17, 15) is 4.79 Å². The van der Waals surface area contributed by atoms with E-state index >= 15 is 0 Å². The first-order valence-electron chi connectivity index (χ1n) is 7.89. The molecule has 0 radical (unpaired) electrons. The van der Waals surface area contributed by atoms with Gasteiger partial charge in [0.15, 0.2) is 0 Å². The number of fused-ring (bicyclic) bond motifs is 1. The summed E-state index contributed by atoms with van der Waals surface area (Å²) in [5.74, 6) is 0.0987. The van der Waals surface area contributed by atoms with Crippen molar-refractivity contribution in [3.8, 4) is 5.75 Å². The third kappa shape index (κ3) is 3.69. The van der Waals surface area contributed by atoms with Crippen LogP contribution in [0.15, 0.2) is 42.6 Å². The number of hydrogen-bond donors (Lipinski definition) is 1. The zero-order chi connectivity index (χ0) is 18.7. The number of rotatable bonds is 5. The van der Waals surface area contributed by atoms with Crippen LogP contribution in [-0.4, -0.2) is 24.7 Å². The van der Waals surface area contributed by atoms with E-state index in [0.29, 0.717) is 43.6 Å². The van der Waals surface area contributed by atoms with Gasteiger partial charge in [-0.2, -0.15) is 0 Å². The first-order chi connectivity index (χ1) is 12.5. The summed E-state index contributed by atoms with van der Waals surface area (Å²) in [4.78, 5) is 16.7.